The van der Waals surface area contributed by atoms with E-state index < -0.39 is 0 Å². The van der Waals surface area contributed by atoms with Crippen molar-refractivity contribution in [1.29, 1.82) is 0 Å². The van der Waals surface area contributed by atoms with Gasteiger partial charge in [-0.25, -0.2) is 9.97 Å². The maximum absolute atomic E-state index is 4.57. The molecule has 25 heavy (non-hydrogen) atoms. The third-order valence-corrected chi connectivity index (χ3v) is 4.15. The molecule has 2 heterocycles. The minimum atomic E-state index is 0.706. The quantitative estimate of drug-likeness (QED) is 0.598. The van der Waals surface area contributed by atoms with Gasteiger partial charge >= 0.3 is 0 Å². The molecule has 2 aromatic carbocycles. The number of anilines is 2. The van der Waals surface area contributed by atoms with Gasteiger partial charge in [0.05, 0.1) is 5.39 Å². The Kier molecular flexibility index (Phi) is 4.12. The number of benzene rings is 2. The van der Waals surface area contributed by atoms with Crippen molar-refractivity contribution in [2.45, 2.75) is 19.9 Å². The van der Waals surface area contributed by atoms with E-state index in [1.807, 2.05) is 29.1 Å². The SMILES string of the molecule is Cc1ccc(Nc2ncnc3nn(CCc4ccccc4)cc23)cc1. The molecule has 0 radical (unpaired) electrons. The predicted molar refractivity (Wildman–Crippen MR) is 99.9 cm³/mol. The van der Waals surface area contributed by atoms with Crippen molar-refractivity contribution in [2.75, 3.05) is 5.32 Å². The molecule has 0 amide bonds. The molecule has 4 rings (SSSR count). The van der Waals surface area contributed by atoms with Crippen molar-refractivity contribution < 1.29 is 0 Å². The second-order valence-corrected chi connectivity index (χ2v) is 6.08. The van der Waals surface area contributed by atoms with E-state index in [2.05, 4.69) is 63.7 Å². The van der Waals surface area contributed by atoms with Crippen LogP contribution in [0.25, 0.3) is 11.0 Å². The largest absolute Gasteiger partial charge is 0.340 e. The maximum atomic E-state index is 4.57. The topological polar surface area (TPSA) is 55.6 Å². The summed E-state index contributed by atoms with van der Waals surface area (Å²) in [6.07, 6.45) is 4.49. The lowest BCUT2D eigenvalue weighted by atomic mass is 10.1. The summed E-state index contributed by atoms with van der Waals surface area (Å²) < 4.78 is 1.94. The molecule has 2 aromatic heterocycles. The maximum Gasteiger partial charge on any atom is 0.186 e. The van der Waals surface area contributed by atoms with Crippen LogP contribution >= 0.6 is 0 Å². The zero-order chi connectivity index (χ0) is 17.1. The number of hydrogen-bond acceptors (Lipinski definition) is 4. The van der Waals surface area contributed by atoms with Gasteiger partial charge in [-0.05, 0) is 31.0 Å². The van der Waals surface area contributed by atoms with Gasteiger partial charge in [-0.3, -0.25) is 4.68 Å². The highest BCUT2D eigenvalue weighted by atomic mass is 15.3. The Morgan fingerprint density at radius 2 is 1.76 bits per heavy atom. The van der Waals surface area contributed by atoms with Gasteiger partial charge in [0.15, 0.2) is 5.65 Å². The molecule has 5 heteroatoms. The zero-order valence-corrected chi connectivity index (χ0v) is 14.1. The van der Waals surface area contributed by atoms with Crippen molar-refractivity contribution in [3.63, 3.8) is 0 Å². The van der Waals surface area contributed by atoms with E-state index in [-0.39, 0.29) is 0 Å². The molecule has 1 N–H and O–H groups in total. The summed E-state index contributed by atoms with van der Waals surface area (Å²) in [5.41, 5.74) is 4.23. The number of nitrogens with one attached hydrogen (secondary N) is 1. The minimum absolute atomic E-state index is 0.706. The molecule has 5 nitrogen and oxygen atoms in total. The van der Waals surface area contributed by atoms with Gasteiger partial charge in [0.1, 0.15) is 12.1 Å². The highest BCUT2D eigenvalue weighted by Crippen LogP contribution is 2.22. The fourth-order valence-electron chi connectivity index (χ4n) is 2.76. The fourth-order valence-corrected chi connectivity index (χ4v) is 2.76. The van der Waals surface area contributed by atoms with Crippen LogP contribution in [0.5, 0.6) is 0 Å². The van der Waals surface area contributed by atoms with E-state index in [4.69, 9.17) is 0 Å². The monoisotopic (exact) mass is 329 g/mol. The van der Waals surface area contributed by atoms with Gasteiger partial charge in [0.2, 0.25) is 0 Å². The molecule has 0 unspecified atom stereocenters. The molecule has 0 fully saturated rings. The van der Waals surface area contributed by atoms with Crippen molar-refractivity contribution in [2.24, 2.45) is 0 Å². The number of aromatic nitrogens is 4. The van der Waals surface area contributed by atoms with Crippen LogP contribution in [0.2, 0.25) is 0 Å². The van der Waals surface area contributed by atoms with Gasteiger partial charge in [-0.15, -0.1) is 0 Å². The Hall–Kier alpha value is -3.21. The second-order valence-electron chi connectivity index (χ2n) is 6.08. The van der Waals surface area contributed by atoms with E-state index in [1.54, 1.807) is 6.33 Å². The molecule has 0 aliphatic carbocycles. The fraction of sp³-hybridized carbons (Fsp3) is 0.150. The molecule has 4 aromatic rings. The van der Waals surface area contributed by atoms with Gasteiger partial charge < -0.3 is 5.32 Å². The standard InChI is InChI=1S/C20H19N5/c1-15-7-9-17(10-8-15)23-19-18-13-25(24-20(18)22-14-21-19)12-11-16-5-3-2-4-6-16/h2-10,13-14H,11-12H2,1H3,(H,21,22,23,24). The first kappa shape index (κ1) is 15.3. The number of fused-ring (bicyclic) bond motifs is 1. The average Bonchev–Trinajstić information content (AvgIpc) is 3.07. The molecular formula is C20H19N5. The Bertz CT molecular complexity index is 974. The lowest BCUT2D eigenvalue weighted by Gasteiger charge is -2.06. The van der Waals surface area contributed by atoms with Crippen LogP contribution in [-0.4, -0.2) is 19.7 Å². The van der Waals surface area contributed by atoms with Gasteiger partial charge in [-0.2, -0.15) is 5.10 Å². The molecular weight excluding hydrogens is 310 g/mol. The molecule has 0 bridgehead atoms. The first-order valence-electron chi connectivity index (χ1n) is 8.34. The van der Waals surface area contributed by atoms with E-state index in [0.29, 0.717) is 5.65 Å². The van der Waals surface area contributed by atoms with Crippen LogP contribution in [-0.2, 0) is 13.0 Å². The first-order chi connectivity index (χ1) is 12.3. The number of hydrogen-bond donors (Lipinski definition) is 1. The number of rotatable bonds is 5. The molecule has 0 aliphatic heterocycles. The van der Waals surface area contributed by atoms with Crippen molar-refractivity contribution in [1.82, 2.24) is 19.7 Å². The summed E-state index contributed by atoms with van der Waals surface area (Å²) >= 11 is 0. The summed E-state index contributed by atoms with van der Waals surface area (Å²) in [5, 5.41) is 8.85. The molecule has 0 atom stereocenters. The Morgan fingerprint density at radius 1 is 0.960 bits per heavy atom. The summed E-state index contributed by atoms with van der Waals surface area (Å²) in [6.45, 7) is 2.88. The summed E-state index contributed by atoms with van der Waals surface area (Å²) in [4.78, 5) is 8.67. The van der Waals surface area contributed by atoms with E-state index in [1.165, 1.54) is 11.1 Å². The van der Waals surface area contributed by atoms with Crippen LogP contribution in [0, 0.1) is 6.92 Å². The summed E-state index contributed by atoms with van der Waals surface area (Å²) in [6, 6.07) is 18.7. The van der Waals surface area contributed by atoms with Crippen LogP contribution < -0.4 is 5.32 Å². The lowest BCUT2D eigenvalue weighted by molar-refractivity contribution is 0.620. The third-order valence-electron chi connectivity index (χ3n) is 4.15. The normalized spacial score (nSPS) is 10.9. The molecule has 0 spiro atoms. The third kappa shape index (κ3) is 3.50. The van der Waals surface area contributed by atoms with E-state index in [0.717, 1.165) is 29.9 Å². The summed E-state index contributed by atoms with van der Waals surface area (Å²) in [7, 11) is 0. The first-order valence-corrected chi connectivity index (χ1v) is 8.34. The van der Waals surface area contributed by atoms with Crippen LogP contribution in [0.3, 0.4) is 0 Å². The van der Waals surface area contributed by atoms with Gasteiger partial charge in [-0.1, -0.05) is 48.0 Å². The van der Waals surface area contributed by atoms with Crippen molar-refractivity contribution in [3.05, 3.63) is 78.2 Å². The molecule has 0 saturated carbocycles. The second kappa shape index (κ2) is 6.73. The Morgan fingerprint density at radius 3 is 2.56 bits per heavy atom. The number of nitrogens with zero attached hydrogens (tertiary/aromatic N) is 4. The van der Waals surface area contributed by atoms with Crippen molar-refractivity contribution in [3.8, 4) is 0 Å². The Labute approximate surface area is 146 Å². The summed E-state index contributed by atoms with van der Waals surface area (Å²) in [5.74, 6) is 0.778. The molecule has 0 saturated heterocycles. The molecule has 0 aliphatic rings. The van der Waals surface area contributed by atoms with Gasteiger partial charge in [0, 0.05) is 18.4 Å². The highest BCUT2D eigenvalue weighted by Gasteiger charge is 2.09. The van der Waals surface area contributed by atoms with Gasteiger partial charge in [0.25, 0.3) is 0 Å². The average molecular weight is 329 g/mol. The van der Waals surface area contributed by atoms with E-state index >= 15 is 0 Å². The van der Waals surface area contributed by atoms with Crippen LogP contribution in [0.1, 0.15) is 11.1 Å². The smallest absolute Gasteiger partial charge is 0.186 e. The zero-order valence-electron chi connectivity index (χ0n) is 14.1. The van der Waals surface area contributed by atoms with Crippen molar-refractivity contribution >= 4 is 22.5 Å². The highest BCUT2D eigenvalue weighted by molar-refractivity contribution is 5.87. The Balaban J connectivity index is 1.56. The van der Waals surface area contributed by atoms with Crippen LogP contribution in [0.4, 0.5) is 11.5 Å². The lowest BCUT2D eigenvalue weighted by Crippen LogP contribution is -2.01. The molecule has 124 valence electrons. The van der Waals surface area contributed by atoms with E-state index in [9.17, 15) is 0 Å². The van der Waals surface area contributed by atoms with Crippen LogP contribution in [0.15, 0.2) is 67.1 Å². The predicted octanol–water partition coefficient (Wildman–Crippen LogP) is 4.12. The number of aryl methyl sites for hydroxylation is 3. The minimum Gasteiger partial charge on any atom is -0.340 e.